The lowest BCUT2D eigenvalue weighted by atomic mass is 10.1. The van der Waals surface area contributed by atoms with Crippen LogP contribution >= 0.6 is 0 Å². The lowest BCUT2D eigenvalue weighted by Crippen LogP contribution is -2.35. The summed E-state index contributed by atoms with van der Waals surface area (Å²) in [4.78, 5) is 2.09. The van der Waals surface area contributed by atoms with Crippen molar-refractivity contribution in [1.82, 2.24) is 5.32 Å². The fourth-order valence-electron chi connectivity index (χ4n) is 2.05. The van der Waals surface area contributed by atoms with Gasteiger partial charge in [0, 0.05) is 30.9 Å². The molecule has 0 unspecified atom stereocenters. The monoisotopic (exact) mass is 268 g/mol. The van der Waals surface area contributed by atoms with Crippen LogP contribution in [0.3, 0.4) is 0 Å². The predicted octanol–water partition coefficient (Wildman–Crippen LogP) is 2.53. The van der Waals surface area contributed by atoms with E-state index in [1.807, 2.05) is 0 Å². The predicted molar refractivity (Wildman–Crippen MR) is 77.9 cm³/mol. The number of benzene rings is 1. The van der Waals surface area contributed by atoms with E-state index in [-0.39, 0.29) is 18.5 Å². The quantitative estimate of drug-likeness (QED) is 0.797. The summed E-state index contributed by atoms with van der Waals surface area (Å²) in [5.41, 5.74) is 1.91. The summed E-state index contributed by atoms with van der Waals surface area (Å²) >= 11 is 0. The Morgan fingerprint density at radius 3 is 2.47 bits per heavy atom. The molecule has 4 heteroatoms. The highest BCUT2D eigenvalue weighted by Gasteiger charge is 2.14. The normalized spacial score (nSPS) is 11.4. The fourth-order valence-corrected chi connectivity index (χ4v) is 2.05. The van der Waals surface area contributed by atoms with E-state index in [1.165, 1.54) is 6.07 Å². The average Bonchev–Trinajstić information content (AvgIpc) is 2.34. The Morgan fingerprint density at radius 1 is 1.26 bits per heavy atom. The van der Waals surface area contributed by atoms with E-state index in [0.29, 0.717) is 19.1 Å². The molecule has 0 aliphatic rings. The van der Waals surface area contributed by atoms with E-state index < -0.39 is 0 Å². The minimum atomic E-state index is -0.225. The smallest absolute Gasteiger partial charge is 0.123 e. The molecule has 1 rings (SSSR count). The maximum Gasteiger partial charge on any atom is 0.123 e. The van der Waals surface area contributed by atoms with Gasteiger partial charge in [-0.05, 0) is 37.6 Å². The number of nitrogens with zero attached hydrogens (tertiary/aromatic N) is 1. The first-order valence-electron chi connectivity index (χ1n) is 6.85. The van der Waals surface area contributed by atoms with Crippen LogP contribution in [0.2, 0.25) is 0 Å². The van der Waals surface area contributed by atoms with E-state index in [1.54, 1.807) is 12.1 Å². The van der Waals surface area contributed by atoms with E-state index in [2.05, 4.69) is 37.9 Å². The molecule has 0 fully saturated rings. The van der Waals surface area contributed by atoms with Gasteiger partial charge < -0.3 is 15.3 Å². The van der Waals surface area contributed by atoms with Crippen molar-refractivity contribution in [2.45, 2.75) is 46.3 Å². The SMILES string of the molecule is CC(C)NCc1cc(F)ccc1N(CCO)C(C)C. The molecule has 0 heterocycles. The van der Waals surface area contributed by atoms with Crippen LogP contribution in [0.15, 0.2) is 18.2 Å². The van der Waals surface area contributed by atoms with Gasteiger partial charge in [0.25, 0.3) is 0 Å². The summed E-state index contributed by atoms with van der Waals surface area (Å²) in [7, 11) is 0. The number of hydrogen-bond acceptors (Lipinski definition) is 3. The Hall–Kier alpha value is -1.13. The Balaban J connectivity index is 3.02. The molecule has 0 radical (unpaired) electrons. The zero-order valence-electron chi connectivity index (χ0n) is 12.3. The van der Waals surface area contributed by atoms with Gasteiger partial charge in [0.1, 0.15) is 5.82 Å². The molecule has 108 valence electrons. The van der Waals surface area contributed by atoms with Crippen LogP contribution in [0.5, 0.6) is 0 Å². The number of rotatable bonds is 7. The first-order valence-corrected chi connectivity index (χ1v) is 6.85. The minimum Gasteiger partial charge on any atom is -0.395 e. The number of hydrogen-bond donors (Lipinski definition) is 2. The van der Waals surface area contributed by atoms with Gasteiger partial charge in [-0.25, -0.2) is 4.39 Å². The van der Waals surface area contributed by atoms with Gasteiger partial charge in [0.05, 0.1) is 6.61 Å². The van der Waals surface area contributed by atoms with Crippen LogP contribution in [0.4, 0.5) is 10.1 Å². The molecule has 3 nitrogen and oxygen atoms in total. The molecule has 1 aromatic carbocycles. The van der Waals surface area contributed by atoms with Crippen LogP contribution in [0, 0.1) is 5.82 Å². The van der Waals surface area contributed by atoms with Crippen molar-refractivity contribution in [2.75, 3.05) is 18.1 Å². The molecule has 2 N–H and O–H groups in total. The van der Waals surface area contributed by atoms with Gasteiger partial charge >= 0.3 is 0 Å². The standard InChI is InChI=1S/C15H25FN2O/c1-11(2)17-10-13-9-14(16)5-6-15(13)18(7-8-19)12(3)4/h5-6,9,11-12,17,19H,7-8,10H2,1-4H3. The van der Waals surface area contributed by atoms with E-state index in [0.717, 1.165) is 11.3 Å². The molecule has 0 bridgehead atoms. The second-order valence-electron chi connectivity index (χ2n) is 5.32. The number of aliphatic hydroxyl groups is 1. The molecule has 0 saturated heterocycles. The molecular weight excluding hydrogens is 243 g/mol. The van der Waals surface area contributed by atoms with Crippen LogP contribution in [0.1, 0.15) is 33.3 Å². The van der Waals surface area contributed by atoms with Crippen molar-refractivity contribution in [2.24, 2.45) is 0 Å². The molecular formula is C15H25FN2O. The number of anilines is 1. The van der Waals surface area contributed by atoms with Gasteiger partial charge in [-0.3, -0.25) is 0 Å². The number of aliphatic hydroxyl groups excluding tert-OH is 1. The third kappa shape index (κ3) is 4.80. The summed E-state index contributed by atoms with van der Waals surface area (Å²) < 4.78 is 13.4. The minimum absolute atomic E-state index is 0.0899. The maximum atomic E-state index is 13.4. The molecule has 1 aromatic rings. The Bertz CT molecular complexity index is 394. The zero-order valence-corrected chi connectivity index (χ0v) is 12.3. The van der Waals surface area contributed by atoms with Crippen molar-refractivity contribution >= 4 is 5.69 Å². The lowest BCUT2D eigenvalue weighted by molar-refractivity contribution is 0.299. The van der Waals surface area contributed by atoms with Crippen molar-refractivity contribution in [3.63, 3.8) is 0 Å². The number of nitrogens with one attached hydrogen (secondary N) is 1. The van der Waals surface area contributed by atoms with Crippen LogP contribution in [-0.2, 0) is 6.54 Å². The molecule has 0 spiro atoms. The van der Waals surface area contributed by atoms with Crippen molar-refractivity contribution < 1.29 is 9.50 Å². The van der Waals surface area contributed by atoms with Crippen LogP contribution < -0.4 is 10.2 Å². The average molecular weight is 268 g/mol. The van der Waals surface area contributed by atoms with Gasteiger partial charge in [0.2, 0.25) is 0 Å². The summed E-state index contributed by atoms with van der Waals surface area (Å²) in [6.07, 6.45) is 0. The number of halogens is 1. The molecule has 0 aromatic heterocycles. The van der Waals surface area contributed by atoms with Crippen LogP contribution in [0.25, 0.3) is 0 Å². The second kappa shape index (κ2) is 7.46. The van der Waals surface area contributed by atoms with E-state index in [9.17, 15) is 9.50 Å². The van der Waals surface area contributed by atoms with Crippen molar-refractivity contribution in [1.29, 1.82) is 0 Å². The molecule has 0 amide bonds. The van der Waals surface area contributed by atoms with Gasteiger partial charge in [-0.2, -0.15) is 0 Å². The van der Waals surface area contributed by atoms with E-state index >= 15 is 0 Å². The largest absolute Gasteiger partial charge is 0.395 e. The Kier molecular flexibility index (Phi) is 6.25. The molecule has 0 saturated carbocycles. The highest BCUT2D eigenvalue weighted by atomic mass is 19.1. The van der Waals surface area contributed by atoms with Crippen molar-refractivity contribution in [3.05, 3.63) is 29.6 Å². The summed E-state index contributed by atoms with van der Waals surface area (Å²) in [6, 6.07) is 5.44. The highest BCUT2D eigenvalue weighted by Crippen LogP contribution is 2.23. The maximum absolute atomic E-state index is 13.4. The highest BCUT2D eigenvalue weighted by molar-refractivity contribution is 5.54. The zero-order chi connectivity index (χ0) is 14.4. The second-order valence-corrected chi connectivity index (χ2v) is 5.32. The molecule has 0 aliphatic heterocycles. The third-order valence-electron chi connectivity index (χ3n) is 3.02. The fraction of sp³-hybridized carbons (Fsp3) is 0.600. The van der Waals surface area contributed by atoms with Gasteiger partial charge in [0.15, 0.2) is 0 Å². The summed E-state index contributed by atoms with van der Waals surface area (Å²) in [5, 5.41) is 12.5. The molecule has 0 atom stereocenters. The third-order valence-corrected chi connectivity index (χ3v) is 3.02. The van der Waals surface area contributed by atoms with Gasteiger partial charge in [-0.15, -0.1) is 0 Å². The molecule has 19 heavy (non-hydrogen) atoms. The van der Waals surface area contributed by atoms with Crippen LogP contribution in [-0.4, -0.2) is 30.3 Å². The lowest BCUT2D eigenvalue weighted by Gasteiger charge is -2.30. The topological polar surface area (TPSA) is 35.5 Å². The van der Waals surface area contributed by atoms with Crippen molar-refractivity contribution in [3.8, 4) is 0 Å². The first-order chi connectivity index (χ1) is 8.95. The Morgan fingerprint density at radius 2 is 1.95 bits per heavy atom. The molecule has 0 aliphatic carbocycles. The van der Waals surface area contributed by atoms with Gasteiger partial charge in [-0.1, -0.05) is 13.8 Å². The summed E-state index contributed by atoms with van der Waals surface area (Å²) in [5.74, 6) is -0.225. The Labute approximate surface area is 115 Å². The van der Waals surface area contributed by atoms with E-state index in [4.69, 9.17) is 0 Å². The summed E-state index contributed by atoms with van der Waals surface area (Å²) in [6.45, 7) is 9.53. The first kappa shape index (κ1) is 15.9.